The molecule has 6 nitrogen and oxygen atoms in total. The van der Waals surface area contributed by atoms with Gasteiger partial charge < -0.3 is 24.8 Å². The second-order valence-corrected chi connectivity index (χ2v) is 9.63. The number of carbonyl (C=O) groups is 1. The molecule has 1 aliphatic heterocycles. The van der Waals surface area contributed by atoms with Gasteiger partial charge in [-0.1, -0.05) is 0 Å². The number of hydrogen-bond donors (Lipinski definition) is 1. The number of nitrogens with two attached hydrogens (primary N) is 1. The maximum Gasteiger partial charge on any atom is 0.410 e. The van der Waals surface area contributed by atoms with Crippen molar-refractivity contribution in [3.05, 3.63) is 0 Å². The van der Waals surface area contributed by atoms with Gasteiger partial charge in [-0.05, 0) is 74.1 Å². The highest BCUT2D eigenvalue weighted by Gasteiger charge is 2.28. The largest absolute Gasteiger partial charge is 0.444 e. The molecule has 0 unspecified atom stereocenters. The smallest absolute Gasteiger partial charge is 0.410 e. The Morgan fingerprint density at radius 2 is 1.58 bits per heavy atom. The zero-order valence-electron chi connectivity index (χ0n) is 17.9. The van der Waals surface area contributed by atoms with Crippen LogP contribution in [0.3, 0.4) is 0 Å². The van der Waals surface area contributed by atoms with Gasteiger partial charge in [0.1, 0.15) is 5.60 Å². The fourth-order valence-corrected chi connectivity index (χ4v) is 2.67. The Morgan fingerprint density at radius 3 is 2.08 bits per heavy atom. The number of nitrogens with zero attached hydrogens (tertiary/aromatic N) is 1. The van der Waals surface area contributed by atoms with Crippen molar-refractivity contribution in [2.24, 2.45) is 5.73 Å². The Morgan fingerprint density at radius 1 is 1.00 bits per heavy atom. The third kappa shape index (κ3) is 10.3. The van der Waals surface area contributed by atoms with Crippen LogP contribution >= 0.6 is 0 Å². The molecule has 1 rings (SSSR count). The third-order valence-corrected chi connectivity index (χ3v) is 4.39. The molecule has 0 atom stereocenters. The van der Waals surface area contributed by atoms with Crippen molar-refractivity contribution in [2.45, 2.75) is 97.0 Å². The highest BCUT2D eigenvalue weighted by molar-refractivity contribution is 5.68. The molecule has 1 aliphatic rings. The van der Waals surface area contributed by atoms with Crippen LogP contribution in [-0.2, 0) is 14.2 Å². The highest BCUT2D eigenvalue weighted by atomic mass is 16.6. The van der Waals surface area contributed by atoms with Gasteiger partial charge in [0.15, 0.2) is 0 Å². The van der Waals surface area contributed by atoms with E-state index in [0.717, 1.165) is 25.7 Å². The number of rotatable bonds is 8. The van der Waals surface area contributed by atoms with Crippen molar-refractivity contribution in [1.29, 1.82) is 0 Å². The predicted molar refractivity (Wildman–Crippen MR) is 104 cm³/mol. The molecular formula is C20H40N2O4. The molecule has 0 saturated carbocycles. The molecule has 0 bridgehead atoms. The molecule has 0 aliphatic carbocycles. The van der Waals surface area contributed by atoms with E-state index < -0.39 is 5.60 Å². The number of amides is 1. The molecule has 2 N–H and O–H groups in total. The van der Waals surface area contributed by atoms with E-state index in [4.69, 9.17) is 19.9 Å². The van der Waals surface area contributed by atoms with Crippen molar-refractivity contribution < 1.29 is 19.0 Å². The van der Waals surface area contributed by atoms with Gasteiger partial charge in [-0.3, -0.25) is 0 Å². The average Bonchev–Trinajstić information content (AvgIpc) is 2.44. The number of likely N-dealkylation sites (tertiary alicyclic amines) is 1. The van der Waals surface area contributed by atoms with E-state index in [0.29, 0.717) is 26.3 Å². The van der Waals surface area contributed by atoms with E-state index in [1.54, 1.807) is 4.90 Å². The van der Waals surface area contributed by atoms with Gasteiger partial charge in [0.2, 0.25) is 0 Å². The standard InChI is InChI=1S/C20H40N2O4/c1-18(2,3)26-17(23)22-12-8-16(9-13-22)24-14-11-20(6,7)25-15-10-19(4,5)21/h16H,8-15,21H2,1-7H3. The zero-order valence-corrected chi connectivity index (χ0v) is 17.9. The lowest BCUT2D eigenvalue weighted by Crippen LogP contribution is -2.43. The van der Waals surface area contributed by atoms with Gasteiger partial charge in [0.05, 0.1) is 11.7 Å². The van der Waals surface area contributed by atoms with Crippen LogP contribution in [0.5, 0.6) is 0 Å². The summed E-state index contributed by atoms with van der Waals surface area (Å²) < 4.78 is 17.4. The van der Waals surface area contributed by atoms with Crippen LogP contribution in [0.15, 0.2) is 0 Å². The lowest BCUT2D eigenvalue weighted by molar-refractivity contribution is -0.0625. The molecule has 154 valence electrons. The number of hydrogen-bond acceptors (Lipinski definition) is 5. The Hall–Kier alpha value is -0.850. The van der Waals surface area contributed by atoms with E-state index in [-0.39, 0.29) is 23.3 Å². The summed E-state index contributed by atoms with van der Waals surface area (Å²) in [4.78, 5) is 13.8. The van der Waals surface area contributed by atoms with Crippen LogP contribution in [0.4, 0.5) is 4.79 Å². The first-order valence-corrected chi connectivity index (χ1v) is 9.80. The molecule has 0 radical (unpaired) electrons. The van der Waals surface area contributed by atoms with Gasteiger partial charge in [0.25, 0.3) is 0 Å². The van der Waals surface area contributed by atoms with Gasteiger partial charge in [-0.2, -0.15) is 0 Å². The summed E-state index contributed by atoms with van der Waals surface area (Å²) >= 11 is 0. The van der Waals surface area contributed by atoms with Crippen LogP contribution in [0.1, 0.15) is 74.1 Å². The molecule has 0 aromatic heterocycles. The van der Waals surface area contributed by atoms with E-state index in [2.05, 4.69) is 13.8 Å². The molecule has 1 amide bonds. The Bertz CT molecular complexity index is 430. The zero-order chi connectivity index (χ0) is 20.0. The monoisotopic (exact) mass is 372 g/mol. The van der Waals surface area contributed by atoms with Gasteiger partial charge in [-0.25, -0.2) is 4.79 Å². The van der Waals surface area contributed by atoms with Crippen LogP contribution in [-0.4, -0.2) is 60.1 Å². The molecular weight excluding hydrogens is 332 g/mol. The SMILES string of the molecule is CC(C)(N)CCOC(C)(C)CCOC1CCN(C(=O)OC(C)(C)C)CC1. The first-order chi connectivity index (χ1) is 11.8. The van der Waals surface area contributed by atoms with Crippen molar-refractivity contribution in [2.75, 3.05) is 26.3 Å². The van der Waals surface area contributed by atoms with Crippen molar-refractivity contribution in [3.63, 3.8) is 0 Å². The Labute approximate surface area is 159 Å². The fraction of sp³-hybridized carbons (Fsp3) is 0.950. The highest BCUT2D eigenvalue weighted by Crippen LogP contribution is 2.20. The summed E-state index contributed by atoms with van der Waals surface area (Å²) in [5, 5.41) is 0. The molecule has 1 saturated heterocycles. The molecule has 1 heterocycles. The average molecular weight is 373 g/mol. The van der Waals surface area contributed by atoms with Crippen LogP contribution < -0.4 is 5.73 Å². The molecule has 0 spiro atoms. The first-order valence-electron chi connectivity index (χ1n) is 9.80. The topological polar surface area (TPSA) is 74.0 Å². The second-order valence-electron chi connectivity index (χ2n) is 9.63. The van der Waals surface area contributed by atoms with E-state index in [1.807, 2.05) is 34.6 Å². The van der Waals surface area contributed by atoms with Crippen molar-refractivity contribution >= 4 is 6.09 Å². The minimum atomic E-state index is -0.449. The molecule has 6 heteroatoms. The summed E-state index contributed by atoms with van der Waals surface area (Å²) in [7, 11) is 0. The van der Waals surface area contributed by atoms with Gasteiger partial charge in [-0.15, -0.1) is 0 Å². The third-order valence-electron chi connectivity index (χ3n) is 4.39. The van der Waals surface area contributed by atoms with E-state index >= 15 is 0 Å². The predicted octanol–water partition coefficient (Wildman–Crippen LogP) is 3.72. The minimum Gasteiger partial charge on any atom is -0.444 e. The molecule has 0 aromatic carbocycles. The summed E-state index contributed by atoms with van der Waals surface area (Å²) in [6.45, 7) is 16.6. The normalized spacial score (nSPS) is 17.5. The molecule has 0 aromatic rings. The Balaban J connectivity index is 2.22. The van der Waals surface area contributed by atoms with Crippen molar-refractivity contribution in [3.8, 4) is 0 Å². The van der Waals surface area contributed by atoms with Gasteiger partial charge in [0, 0.05) is 31.8 Å². The van der Waals surface area contributed by atoms with Crippen molar-refractivity contribution in [1.82, 2.24) is 4.90 Å². The van der Waals surface area contributed by atoms with Crippen LogP contribution in [0.25, 0.3) is 0 Å². The Kier molecular flexibility index (Phi) is 8.36. The maximum atomic E-state index is 12.1. The fourth-order valence-electron chi connectivity index (χ4n) is 2.67. The number of ether oxygens (including phenoxy) is 3. The summed E-state index contributed by atoms with van der Waals surface area (Å²) in [6, 6.07) is 0. The van der Waals surface area contributed by atoms with Gasteiger partial charge >= 0.3 is 6.09 Å². The molecule has 1 fully saturated rings. The first kappa shape index (κ1) is 23.2. The summed E-state index contributed by atoms with van der Waals surface area (Å²) in [6.07, 6.45) is 3.34. The lowest BCUT2D eigenvalue weighted by atomic mass is 10.0. The minimum absolute atomic E-state index is 0.200. The second kappa shape index (κ2) is 9.38. The number of carbonyl (C=O) groups excluding carboxylic acids is 1. The lowest BCUT2D eigenvalue weighted by Gasteiger charge is -2.34. The van der Waals surface area contributed by atoms with E-state index in [9.17, 15) is 4.79 Å². The summed E-state index contributed by atoms with van der Waals surface area (Å²) in [5.41, 5.74) is 5.12. The maximum absolute atomic E-state index is 12.1. The van der Waals surface area contributed by atoms with Crippen LogP contribution in [0, 0.1) is 0 Å². The number of piperidine rings is 1. The van der Waals surface area contributed by atoms with Crippen LogP contribution in [0.2, 0.25) is 0 Å². The van der Waals surface area contributed by atoms with E-state index in [1.165, 1.54) is 0 Å². The quantitative estimate of drug-likeness (QED) is 0.703. The summed E-state index contributed by atoms with van der Waals surface area (Å²) in [5.74, 6) is 0. The molecule has 26 heavy (non-hydrogen) atoms.